The first-order valence-electron chi connectivity index (χ1n) is 6.84. The van der Waals surface area contributed by atoms with Crippen LogP contribution in [0.3, 0.4) is 0 Å². The number of likely N-dealkylation sites (N-methyl/N-ethyl adjacent to an activating group) is 1. The smallest absolute Gasteiger partial charge is 0.0522 e. The summed E-state index contributed by atoms with van der Waals surface area (Å²) in [6.07, 6.45) is 10.8. The van der Waals surface area contributed by atoms with E-state index >= 15 is 0 Å². The van der Waals surface area contributed by atoms with Gasteiger partial charge >= 0.3 is 0 Å². The molecule has 1 aliphatic rings. The third-order valence-corrected chi connectivity index (χ3v) is 4.21. The van der Waals surface area contributed by atoms with Crippen LogP contribution in [0.2, 0.25) is 0 Å². The van der Waals surface area contributed by atoms with Gasteiger partial charge in [0.05, 0.1) is 6.20 Å². The van der Waals surface area contributed by atoms with Crippen LogP contribution in [0.1, 0.15) is 38.2 Å². The van der Waals surface area contributed by atoms with Crippen molar-refractivity contribution >= 4 is 0 Å². The minimum Gasteiger partial charge on any atom is -0.316 e. The van der Waals surface area contributed by atoms with Crippen molar-refractivity contribution in [3.8, 4) is 0 Å². The summed E-state index contributed by atoms with van der Waals surface area (Å²) in [7, 11) is 4.08. The molecule has 0 amide bonds. The van der Waals surface area contributed by atoms with Crippen LogP contribution in [0.15, 0.2) is 12.4 Å². The zero-order chi connectivity index (χ0) is 12.3. The van der Waals surface area contributed by atoms with Crippen LogP contribution < -0.4 is 5.32 Å². The highest BCUT2D eigenvalue weighted by Crippen LogP contribution is 2.31. The average Bonchev–Trinajstić information content (AvgIpc) is 2.73. The molecular formula is C14H25N3. The monoisotopic (exact) mass is 235 g/mol. The molecule has 1 atom stereocenters. The number of nitrogens with zero attached hydrogens (tertiary/aromatic N) is 2. The van der Waals surface area contributed by atoms with E-state index < -0.39 is 0 Å². The Balaban J connectivity index is 1.92. The van der Waals surface area contributed by atoms with Crippen LogP contribution >= 0.6 is 0 Å². The van der Waals surface area contributed by atoms with Crippen LogP contribution in [0.25, 0.3) is 0 Å². The third-order valence-electron chi connectivity index (χ3n) is 4.21. The summed E-state index contributed by atoms with van der Waals surface area (Å²) in [6, 6.07) is 0.617. The quantitative estimate of drug-likeness (QED) is 0.868. The topological polar surface area (TPSA) is 29.9 Å². The second-order valence-corrected chi connectivity index (χ2v) is 5.64. The lowest BCUT2D eigenvalue weighted by Gasteiger charge is -2.32. The summed E-state index contributed by atoms with van der Waals surface area (Å²) in [5.74, 6) is 1.78. The predicted molar refractivity (Wildman–Crippen MR) is 70.9 cm³/mol. The van der Waals surface area contributed by atoms with Crippen LogP contribution in [-0.4, -0.2) is 22.9 Å². The Morgan fingerprint density at radius 2 is 2.12 bits per heavy atom. The van der Waals surface area contributed by atoms with Gasteiger partial charge in [0.2, 0.25) is 0 Å². The van der Waals surface area contributed by atoms with Crippen molar-refractivity contribution in [2.75, 3.05) is 7.05 Å². The first-order valence-corrected chi connectivity index (χ1v) is 6.84. The number of hydrogen-bond donors (Lipinski definition) is 1. The molecule has 1 saturated carbocycles. The molecule has 1 heterocycles. The van der Waals surface area contributed by atoms with E-state index in [0.29, 0.717) is 6.04 Å². The van der Waals surface area contributed by atoms with Gasteiger partial charge in [-0.25, -0.2) is 0 Å². The Morgan fingerprint density at radius 3 is 2.65 bits per heavy atom. The molecule has 17 heavy (non-hydrogen) atoms. The highest BCUT2D eigenvalue weighted by molar-refractivity contribution is 5.06. The van der Waals surface area contributed by atoms with Crippen molar-refractivity contribution in [2.45, 2.75) is 45.1 Å². The van der Waals surface area contributed by atoms with Crippen LogP contribution in [-0.2, 0) is 13.5 Å². The van der Waals surface area contributed by atoms with E-state index in [4.69, 9.17) is 0 Å². The van der Waals surface area contributed by atoms with E-state index in [1.54, 1.807) is 0 Å². The van der Waals surface area contributed by atoms with Gasteiger partial charge in [0.1, 0.15) is 0 Å². The maximum Gasteiger partial charge on any atom is 0.0522 e. The van der Waals surface area contributed by atoms with Crippen molar-refractivity contribution in [2.24, 2.45) is 18.9 Å². The first kappa shape index (κ1) is 12.6. The molecule has 3 heteroatoms. The van der Waals surface area contributed by atoms with Gasteiger partial charge in [0, 0.05) is 19.3 Å². The van der Waals surface area contributed by atoms with E-state index in [-0.39, 0.29) is 0 Å². The fourth-order valence-corrected chi connectivity index (χ4v) is 3.02. The zero-order valence-electron chi connectivity index (χ0n) is 11.3. The number of nitrogens with one attached hydrogen (secondary N) is 1. The van der Waals surface area contributed by atoms with Crippen molar-refractivity contribution in [1.29, 1.82) is 0 Å². The van der Waals surface area contributed by atoms with Gasteiger partial charge in [0.15, 0.2) is 0 Å². The average molecular weight is 235 g/mol. The van der Waals surface area contributed by atoms with E-state index in [2.05, 4.69) is 30.6 Å². The van der Waals surface area contributed by atoms with Crippen LogP contribution in [0.5, 0.6) is 0 Å². The Bertz CT molecular complexity index is 337. The fraction of sp³-hybridized carbons (Fsp3) is 0.786. The fourth-order valence-electron chi connectivity index (χ4n) is 3.02. The van der Waals surface area contributed by atoms with Gasteiger partial charge in [-0.1, -0.05) is 19.8 Å². The lowest BCUT2D eigenvalue weighted by atomic mass is 9.78. The maximum atomic E-state index is 4.25. The van der Waals surface area contributed by atoms with E-state index in [0.717, 1.165) is 18.3 Å². The zero-order valence-corrected chi connectivity index (χ0v) is 11.3. The minimum atomic E-state index is 0.617. The lowest BCUT2D eigenvalue weighted by Crippen LogP contribution is -2.37. The molecule has 96 valence electrons. The summed E-state index contributed by atoms with van der Waals surface area (Å²) in [4.78, 5) is 0. The SMILES string of the molecule is CNC(Cc1cnn(C)c1)C1CCC(C)CC1. The number of rotatable bonds is 4. The second-order valence-electron chi connectivity index (χ2n) is 5.64. The molecule has 0 saturated heterocycles. The molecule has 1 aromatic rings. The number of aryl methyl sites for hydroxylation is 1. The highest BCUT2D eigenvalue weighted by atomic mass is 15.2. The summed E-state index contributed by atoms with van der Waals surface area (Å²) < 4.78 is 1.89. The molecule has 1 aromatic heterocycles. The molecule has 0 bridgehead atoms. The number of hydrogen-bond acceptors (Lipinski definition) is 2. The minimum absolute atomic E-state index is 0.617. The van der Waals surface area contributed by atoms with E-state index in [1.807, 2.05) is 17.9 Å². The Hall–Kier alpha value is -0.830. The molecular weight excluding hydrogens is 210 g/mol. The van der Waals surface area contributed by atoms with E-state index in [1.165, 1.54) is 31.2 Å². The summed E-state index contributed by atoms with van der Waals surface area (Å²) >= 11 is 0. The van der Waals surface area contributed by atoms with Gasteiger partial charge < -0.3 is 5.32 Å². The third kappa shape index (κ3) is 3.32. The standard InChI is InChI=1S/C14H25N3/c1-11-4-6-13(7-5-11)14(15-2)8-12-9-16-17(3)10-12/h9-11,13-15H,4-8H2,1-3H3. The van der Waals surface area contributed by atoms with E-state index in [9.17, 15) is 0 Å². The van der Waals surface area contributed by atoms with Crippen LogP contribution in [0.4, 0.5) is 0 Å². The second kappa shape index (κ2) is 5.67. The van der Waals surface area contributed by atoms with Gasteiger partial charge in [-0.15, -0.1) is 0 Å². The lowest BCUT2D eigenvalue weighted by molar-refractivity contribution is 0.235. The molecule has 0 aromatic carbocycles. The largest absolute Gasteiger partial charge is 0.316 e. The first-order chi connectivity index (χ1) is 8.19. The molecule has 1 fully saturated rings. The van der Waals surface area contributed by atoms with Crippen molar-refractivity contribution in [1.82, 2.24) is 15.1 Å². The van der Waals surface area contributed by atoms with Crippen molar-refractivity contribution in [3.63, 3.8) is 0 Å². The normalized spacial score (nSPS) is 27.0. The molecule has 2 rings (SSSR count). The maximum absolute atomic E-state index is 4.25. The number of aromatic nitrogens is 2. The van der Waals surface area contributed by atoms with Gasteiger partial charge in [0.25, 0.3) is 0 Å². The van der Waals surface area contributed by atoms with Crippen LogP contribution in [0, 0.1) is 11.8 Å². The molecule has 0 radical (unpaired) electrons. The van der Waals surface area contributed by atoms with Gasteiger partial charge in [-0.05, 0) is 43.7 Å². The Kier molecular flexibility index (Phi) is 4.21. The van der Waals surface area contributed by atoms with Gasteiger partial charge in [-0.2, -0.15) is 5.10 Å². The highest BCUT2D eigenvalue weighted by Gasteiger charge is 2.25. The summed E-state index contributed by atoms with van der Waals surface area (Å²) in [6.45, 7) is 2.38. The summed E-state index contributed by atoms with van der Waals surface area (Å²) in [5.41, 5.74) is 1.35. The molecule has 0 aliphatic heterocycles. The molecule has 0 spiro atoms. The molecule has 1 aliphatic carbocycles. The van der Waals surface area contributed by atoms with Crippen molar-refractivity contribution in [3.05, 3.63) is 18.0 Å². The molecule has 1 N–H and O–H groups in total. The van der Waals surface area contributed by atoms with Gasteiger partial charge in [-0.3, -0.25) is 4.68 Å². The Labute approximate surface area is 105 Å². The van der Waals surface area contributed by atoms with Crippen molar-refractivity contribution < 1.29 is 0 Å². The predicted octanol–water partition coefficient (Wildman–Crippen LogP) is 2.38. The summed E-state index contributed by atoms with van der Waals surface area (Å²) in [5, 5.41) is 7.76. The molecule has 3 nitrogen and oxygen atoms in total. The molecule has 1 unspecified atom stereocenters. The Morgan fingerprint density at radius 1 is 1.41 bits per heavy atom.